The molecule has 1 aliphatic rings. The van der Waals surface area contributed by atoms with Crippen molar-refractivity contribution >= 4 is 5.91 Å². The highest BCUT2D eigenvalue weighted by Gasteiger charge is 2.28. The average Bonchev–Trinajstić information content (AvgIpc) is 2.97. The lowest BCUT2D eigenvalue weighted by Crippen LogP contribution is -2.34. The minimum absolute atomic E-state index is 0.0409. The van der Waals surface area contributed by atoms with Gasteiger partial charge in [0.2, 0.25) is 0 Å². The van der Waals surface area contributed by atoms with E-state index in [2.05, 4.69) is 12.1 Å². The predicted molar refractivity (Wildman–Crippen MR) is 82.2 cm³/mol. The number of carbonyl (C=O) groups excluding carboxylic acids is 1. The minimum atomic E-state index is -0.321. The summed E-state index contributed by atoms with van der Waals surface area (Å²) in [6, 6.07) is 14.0. The molecule has 0 fully saturated rings. The van der Waals surface area contributed by atoms with Crippen molar-refractivity contribution in [2.75, 3.05) is 13.7 Å². The Kier molecular flexibility index (Phi) is 4.09. The summed E-state index contributed by atoms with van der Waals surface area (Å²) in [7, 11) is 1.81. The minimum Gasteiger partial charge on any atom is -0.484 e. The van der Waals surface area contributed by atoms with Crippen molar-refractivity contribution in [1.29, 1.82) is 0 Å². The van der Waals surface area contributed by atoms with Crippen molar-refractivity contribution in [3.8, 4) is 5.75 Å². The van der Waals surface area contributed by atoms with Gasteiger partial charge in [-0.25, -0.2) is 4.39 Å². The second-order valence-corrected chi connectivity index (χ2v) is 5.50. The van der Waals surface area contributed by atoms with Crippen LogP contribution >= 0.6 is 0 Å². The third-order valence-corrected chi connectivity index (χ3v) is 4.14. The molecule has 1 atom stereocenters. The topological polar surface area (TPSA) is 29.5 Å². The molecule has 3 rings (SSSR count). The summed E-state index contributed by atoms with van der Waals surface area (Å²) in [5.41, 5.74) is 2.53. The summed E-state index contributed by atoms with van der Waals surface area (Å²) in [5, 5.41) is 0. The Hall–Kier alpha value is -2.36. The lowest BCUT2D eigenvalue weighted by Gasteiger charge is -2.25. The maximum absolute atomic E-state index is 12.8. The number of aryl methyl sites for hydroxylation is 1. The lowest BCUT2D eigenvalue weighted by molar-refractivity contribution is -0.134. The van der Waals surface area contributed by atoms with E-state index in [1.165, 1.54) is 35.4 Å². The van der Waals surface area contributed by atoms with E-state index in [1.807, 2.05) is 19.2 Å². The molecule has 2 aromatic rings. The molecule has 4 heteroatoms. The fraction of sp³-hybridized carbons (Fsp3) is 0.278. The largest absolute Gasteiger partial charge is 0.484 e. The number of ether oxygens (including phenoxy) is 1. The molecule has 0 aromatic heterocycles. The Balaban J connectivity index is 1.62. The number of rotatable bonds is 4. The van der Waals surface area contributed by atoms with Gasteiger partial charge in [-0.2, -0.15) is 0 Å². The van der Waals surface area contributed by atoms with Crippen molar-refractivity contribution in [2.45, 2.75) is 18.9 Å². The highest BCUT2D eigenvalue weighted by Crippen LogP contribution is 2.34. The first-order chi connectivity index (χ1) is 10.6. The highest BCUT2D eigenvalue weighted by atomic mass is 19.1. The number of fused-ring (bicyclic) bond motifs is 1. The molecule has 22 heavy (non-hydrogen) atoms. The number of hydrogen-bond acceptors (Lipinski definition) is 2. The van der Waals surface area contributed by atoms with Crippen LogP contribution in [0.25, 0.3) is 0 Å². The number of carbonyl (C=O) groups is 1. The lowest BCUT2D eigenvalue weighted by atomic mass is 10.1. The monoisotopic (exact) mass is 299 g/mol. The van der Waals surface area contributed by atoms with Gasteiger partial charge in [-0.05, 0) is 48.2 Å². The normalized spacial score (nSPS) is 16.2. The van der Waals surface area contributed by atoms with Gasteiger partial charge in [0.1, 0.15) is 11.6 Å². The van der Waals surface area contributed by atoms with Crippen LogP contribution in [-0.4, -0.2) is 24.5 Å². The molecule has 0 bridgehead atoms. The highest BCUT2D eigenvalue weighted by molar-refractivity contribution is 5.78. The smallest absolute Gasteiger partial charge is 0.260 e. The summed E-state index contributed by atoms with van der Waals surface area (Å²) in [6.07, 6.45) is 1.94. The second kappa shape index (κ2) is 6.18. The molecule has 0 heterocycles. The number of halogens is 1. The fourth-order valence-electron chi connectivity index (χ4n) is 2.89. The number of nitrogens with zero attached hydrogens (tertiary/aromatic N) is 1. The van der Waals surface area contributed by atoms with Crippen molar-refractivity contribution in [3.63, 3.8) is 0 Å². The first-order valence-electron chi connectivity index (χ1n) is 7.37. The predicted octanol–water partition coefficient (Wildman–Crippen LogP) is 3.35. The van der Waals surface area contributed by atoms with E-state index < -0.39 is 0 Å². The maximum Gasteiger partial charge on any atom is 0.260 e. The van der Waals surface area contributed by atoms with Crippen molar-refractivity contribution in [1.82, 2.24) is 4.90 Å². The van der Waals surface area contributed by atoms with Gasteiger partial charge in [0.25, 0.3) is 5.91 Å². The molecule has 1 amide bonds. The van der Waals surface area contributed by atoms with Gasteiger partial charge in [0.15, 0.2) is 6.61 Å². The zero-order valence-corrected chi connectivity index (χ0v) is 12.5. The Morgan fingerprint density at radius 3 is 2.73 bits per heavy atom. The maximum atomic E-state index is 12.8. The van der Waals surface area contributed by atoms with Crippen LogP contribution in [0.1, 0.15) is 23.6 Å². The van der Waals surface area contributed by atoms with E-state index >= 15 is 0 Å². The summed E-state index contributed by atoms with van der Waals surface area (Å²) >= 11 is 0. The van der Waals surface area contributed by atoms with Gasteiger partial charge in [0.05, 0.1) is 6.04 Å². The summed E-state index contributed by atoms with van der Waals surface area (Å²) in [4.78, 5) is 14.1. The van der Waals surface area contributed by atoms with Crippen LogP contribution in [0, 0.1) is 5.82 Å². The molecular formula is C18H18FNO2. The summed E-state index contributed by atoms with van der Waals surface area (Å²) in [6.45, 7) is -0.0409. The van der Waals surface area contributed by atoms with Crippen LogP contribution in [0.3, 0.4) is 0 Å². The SMILES string of the molecule is CN(C(=O)COc1ccc(F)cc1)C1CCc2ccccc21. The van der Waals surface area contributed by atoms with Crippen LogP contribution in [0.15, 0.2) is 48.5 Å². The van der Waals surface area contributed by atoms with E-state index in [1.54, 1.807) is 4.90 Å². The fourth-order valence-corrected chi connectivity index (χ4v) is 2.89. The third-order valence-electron chi connectivity index (χ3n) is 4.14. The molecule has 0 aliphatic heterocycles. The molecule has 0 N–H and O–H groups in total. The molecule has 0 spiro atoms. The van der Waals surface area contributed by atoms with Gasteiger partial charge in [0, 0.05) is 7.05 Å². The quantitative estimate of drug-likeness (QED) is 0.866. The van der Waals surface area contributed by atoms with Gasteiger partial charge < -0.3 is 9.64 Å². The van der Waals surface area contributed by atoms with Crippen molar-refractivity contribution in [2.24, 2.45) is 0 Å². The Morgan fingerprint density at radius 1 is 1.23 bits per heavy atom. The van der Waals surface area contributed by atoms with Crippen LogP contribution < -0.4 is 4.74 Å². The molecule has 0 radical (unpaired) electrons. The van der Waals surface area contributed by atoms with E-state index in [0.717, 1.165) is 12.8 Å². The van der Waals surface area contributed by atoms with E-state index in [-0.39, 0.29) is 24.4 Å². The van der Waals surface area contributed by atoms with Crippen molar-refractivity contribution in [3.05, 3.63) is 65.5 Å². The van der Waals surface area contributed by atoms with Gasteiger partial charge >= 0.3 is 0 Å². The Bertz CT molecular complexity index is 669. The molecule has 114 valence electrons. The van der Waals surface area contributed by atoms with Crippen LogP contribution in [0.5, 0.6) is 5.75 Å². The molecule has 0 saturated carbocycles. The first-order valence-corrected chi connectivity index (χ1v) is 7.37. The molecule has 3 nitrogen and oxygen atoms in total. The summed E-state index contributed by atoms with van der Waals surface area (Å²) in [5.74, 6) is 0.0966. The second-order valence-electron chi connectivity index (χ2n) is 5.50. The average molecular weight is 299 g/mol. The number of likely N-dealkylation sites (N-methyl/N-ethyl adjacent to an activating group) is 1. The molecule has 0 saturated heterocycles. The van der Waals surface area contributed by atoms with E-state index in [4.69, 9.17) is 4.74 Å². The van der Waals surface area contributed by atoms with Crippen LogP contribution in [0.4, 0.5) is 4.39 Å². The number of benzene rings is 2. The summed E-state index contributed by atoms with van der Waals surface area (Å²) < 4.78 is 18.3. The number of amides is 1. The van der Waals surface area contributed by atoms with Gasteiger partial charge in [-0.15, -0.1) is 0 Å². The van der Waals surface area contributed by atoms with Gasteiger partial charge in [-0.3, -0.25) is 4.79 Å². The van der Waals surface area contributed by atoms with Crippen LogP contribution in [-0.2, 0) is 11.2 Å². The number of hydrogen-bond donors (Lipinski definition) is 0. The Labute approximate surface area is 129 Å². The standard InChI is InChI=1S/C18H18FNO2/c1-20(17-11-6-13-4-2-3-5-16(13)17)18(21)12-22-15-9-7-14(19)8-10-15/h2-5,7-10,17H,6,11-12H2,1H3. The third kappa shape index (κ3) is 2.96. The molecule has 1 aliphatic carbocycles. The van der Waals surface area contributed by atoms with Crippen LogP contribution in [0.2, 0.25) is 0 Å². The zero-order valence-electron chi connectivity index (χ0n) is 12.5. The molecule has 2 aromatic carbocycles. The molecule has 1 unspecified atom stereocenters. The first kappa shape index (κ1) is 14.6. The molecular weight excluding hydrogens is 281 g/mol. The Morgan fingerprint density at radius 2 is 1.95 bits per heavy atom. The zero-order chi connectivity index (χ0) is 15.5. The van der Waals surface area contributed by atoms with E-state index in [9.17, 15) is 9.18 Å². The van der Waals surface area contributed by atoms with E-state index in [0.29, 0.717) is 5.75 Å². The van der Waals surface area contributed by atoms with Gasteiger partial charge in [-0.1, -0.05) is 24.3 Å². The van der Waals surface area contributed by atoms with Crippen molar-refractivity contribution < 1.29 is 13.9 Å².